The van der Waals surface area contributed by atoms with Crippen LogP contribution in [0.5, 0.6) is 11.5 Å². The highest BCUT2D eigenvalue weighted by Gasteiger charge is 2.28. The molecule has 0 saturated carbocycles. The maximum absolute atomic E-state index is 12.3. The summed E-state index contributed by atoms with van der Waals surface area (Å²) in [6.45, 7) is 7.05. The van der Waals surface area contributed by atoms with Crippen molar-refractivity contribution in [2.24, 2.45) is 0 Å². The summed E-state index contributed by atoms with van der Waals surface area (Å²) in [6, 6.07) is 6.76. The molecule has 1 N–H and O–H groups in total. The number of carbonyl (C=O) groups excluding carboxylic acids is 1. The Morgan fingerprint density at radius 1 is 1.28 bits per heavy atom. The quantitative estimate of drug-likeness (QED) is 0.859. The van der Waals surface area contributed by atoms with Crippen molar-refractivity contribution in [3.63, 3.8) is 0 Å². The van der Waals surface area contributed by atoms with Gasteiger partial charge in [0.1, 0.15) is 0 Å². The third-order valence-corrected chi connectivity index (χ3v) is 5.00. The highest BCUT2D eigenvalue weighted by Crippen LogP contribution is 2.37. The Hall–Kier alpha value is -1.75. The Labute approximate surface area is 150 Å². The van der Waals surface area contributed by atoms with E-state index in [-0.39, 0.29) is 18.0 Å². The molecule has 5 nitrogen and oxygen atoms in total. The number of amides is 1. The van der Waals surface area contributed by atoms with Gasteiger partial charge in [0.25, 0.3) is 0 Å². The normalized spacial score (nSPS) is 21.6. The molecule has 138 valence electrons. The molecule has 0 unspecified atom stereocenters. The molecule has 2 atom stereocenters. The average Bonchev–Trinajstić information content (AvgIpc) is 2.90. The topological polar surface area (TPSA) is 50.8 Å². The van der Waals surface area contributed by atoms with Crippen LogP contribution in [-0.4, -0.2) is 43.2 Å². The van der Waals surface area contributed by atoms with Gasteiger partial charge in [-0.15, -0.1) is 0 Å². The predicted molar refractivity (Wildman–Crippen MR) is 98.1 cm³/mol. The van der Waals surface area contributed by atoms with Gasteiger partial charge in [-0.1, -0.05) is 19.4 Å². The van der Waals surface area contributed by atoms with E-state index in [1.807, 2.05) is 6.07 Å². The van der Waals surface area contributed by atoms with Crippen molar-refractivity contribution >= 4 is 5.91 Å². The minimum atomic E-state index is 0.127. The van der Waals surface area contributed by atoms with Crippen molar-refractivity contribution in [1.82, 2.24) is 10.2 Å². The summed E-state index contributed by atoms with van der Waals surface area (Å²) >= 11 is 0. The molecule has 5 heteroatoms. The number of likely N-dealkylation sites (tertiary alicyclic amines) is 1. The molecule has 0 spiro atoms. The largest absolute Gasteiger partial charge is 0.490 e. The smallest absolute Gasteiger partial charge is 0.234 e. The number of nitrogens with zero attached hydrogens (tertiary/aromatic N) is 1. The molecule has 2 aliphatic heterocycles. The first kappa shape index (κ1) is 18.1. The van der Waals surface area contributed by atoms with Crippen LogP contribution in [0.1, 0.15) is 57.6 Å². The van der Waals surface area contributed by atoms with Gasteiger partial charge in [0.05, 0.1) is 19.8 Å². The highest BCUT2D eigenvalue weighted by molar-refractivity contribution is 5.78. The fraction of sp³-hybridized carbons (Fsp3) is 0.650. The molecule has 0 radical (unpaired) electrons. The van der Waals surface area contributed by atoms with Gasteiger partial charge in [-0.25, -0.2) is 0 Å². The van der Waals surface area contributed by atoms with Gasteiger partial charge < -0.3 is 14.8 Å². The van der Waals surface area contributed by atoms with E-state index in [1.165, 1.54) is 5.56 Å². The summed E-state index contributed by atoms with van der Waals surface area (Å²) in [6.07, 6.45) is 5.23. The molecular weight excluding hydrogens is 316 g/mol. The number of hydrogen-bond acceptors (Lipinski definition) is 4. The number of fused-ring (bicyclic) bond motifs is 1. The lowest BCUT2D eigenvalue weighted by molar-refractivity contribution is -0.123. The van der Waals surface area contributed by atoms with E-state index in [4.69, 9.17) is 9.47 Å². The van der Waals surface area contributed by atoms with Gasteiger partial charge in [0.15, 0.2) is 11.5 Å². The lowest BCUT2D eigenvalue weighted by Crippen LogP contribution is -2.40. The molecule has 1 amide bonds. The average molecular weight is 346 g/mol. The summed E-state index contributed by atoms with van der Waals surface area (Å²) in [5, 5.41) is 3.11. The second kappa shape index (κ2) is 8.56. The van der Waals surface area contributed by atoms with E-state index in [0.717, 1.165) is 50.1 Å². The number of carbonyl (C=O) groups is 1. The maximum atomic E-state index is 12.3. The Morgan fingerprint density at radius 3 is 2.88 bits per heavy atom. The summed E-state index contributed by atoms with van der Waals surface area (Å²) < 4.78 is 11.5. The molecule has 0 bridgehead atoms. The van der Waals surface area contributed by atoms with Crippen molar-refractivity contribution in [3.8, 4) is 11.5 Å². The van der Waals surface area contributed by atoms with Crippen molar-refractivity contribution < 1.29 is 14.3 Å². The summed E-state index contributed by atoms with van der Waals surface area (Å²) in [4.78, 5) is 14.6. The number of rotatable bonds is 6. The van der Waals surface area contributed by atoms with E-state index in [2.05, 4.69) is 36.2 Å². The van der Waals surface area contributed by atoms with E-state index < -0.39 is 0 Å². The molecular formula is C20H30N2O3. The van der Waals surface area contributed by atoms with E-state index in [0.29, 0.717) is 19.8 Å². The van der Waals surface area contributed by atoms with Crippen LogP contribution < -0.4 is 14.8 Å². The van der Waals surface area contributed by atoms with Crippen molar-refractivity contribution in [2.75, 3.05) is 26.3 Å². The third kappa shape index (κ3) is 4.66. The van der Waals surface area contributed by atoms with Crippen molar-refractivity contribution in [1.29, 1.82) is 0 Å². The lowest BCUT2D eigenvalue weighted by Gasteiger charge is -2.25. The number of hydrogen-bond donors (Lipinski definition) is 1. The fourth-order valence-corrected chi connectivity index (χ4v) is 3.79. The van der Waals surface area contributed by atoms with Crippen LogP contribution in [0.4, 0.5) is 0 Å². The molecule has 1 aromatic rings. The highest BCUT2D eigenvalue weighted by atomic mass is 16.5. The lowest BCUT2D eigenvalue weighted by atomic mass is 10.0. The second-order valence-corrected chi connectivity index (χ2v) is 7.14. The molecule has 0 aliphatic carbocycles. The number of nitrogens with one attached hydrogen (secondary N) is 1. The second-order valence-electron chi connectivity index (χ2n) is 7.14. The standard InChI is InChI=1S/C20H30N2O3/c1-3-6-15(2)21-20(23)14-22-10-4-7-17(22)16-8-9-18-19(13-16)25-12-5-11-24-18/h8-9,13,15,17H,3-7,10-12,14H2,1-2H3,(H,21,23)/t15-,17-/m0/s1. The van der Waals surface area contributed by atoms with Gasteiger partial charge >= 0.3 is 0 Å². The molecule has 3 rings (SSSR count). The molecule has 2 heterocycles. The van der Waals surface area contributed by atoms with Gasteiger partial charge in [-0.05, 0) is 50.4 Å². The molecule has 0 aromatic heterocycles. The Kier molecular flexibility index (Phi) is 6.19. The summed E-state index contributed by atoms with van der Waals surface area (Å²) in [5.41, 5.74) is 1.22. The van der Waals surface area contributed by atoms with Gasteiger partial charge in [-0.2, -0.15) is 0 Å². The third-order valence-electron chi connectivity index (χ3n) is 5.00. The zero-order valence-electron chi connectivity index (χ0n) is 15.4. The molecule has 25 heavy (non-hydrogen) atoms. The fourth-order valence-electron chi connectivity index (χ4n) is 3.79. The van der Waals surface area contributed by atoms with Crippen LogP contribution in [0.3, 0.4) is 0 Å². The van der Waals surface area contributed by atoms with Crippen LogP contribution >= 0.6 is 0 Å². The predicted octanol–water partition coefficient (Wildman–Crippen LogP) is 3.29. The Morgan fingerprint density at radius 2 is 2.08 bits per heavy atom. The number of ether oxygens (including phenoxy) is 2. The molecule has 1 saturated heterocycles. The van der Waals surface area contributed by atoms with E-state index in [9.17, 15) is 4.79 Å². The first-order chi connectivity index (χ1) is 12.2. The van der Waals surface area contributed by atoms with Crippen LogP contribution in [0.2, 0.25) is 0 Å². The van der Waals surface area contributed by atoms with Crippen molar-refractivity contribution in [3.05, 3.63) is 23.8 Å². The van der Waals surface area contributed by atoms with Crippen LogP contribution in [0, 0.1) is 0 Å². The Balaban J connectivity index is 1.65. The molecule has 2 aliphatic rings. The van der Waals surface area contributed by atoms with Crippen molar-refractivity contribution in [2.45, 2.75) is 58.0 Å². The minimum Gasteiger partial charge on any atom is -0.490 e. The first-order valence-electron chi connectivity index (χ1n) is 9.60. The van der Waals surface area contributed by atoms with Gasteiger partial charge in [0.2, 0.25) is 5.91 Å². The molecule has 1 aromatic carbocycles. The summed E-state index contributed by atoms with van der Waals surface area (Å²) in [5.74, 6) is 1.79. The first-order valence-corrected chi connectivity index (χ1v) is 9.60. The summed E-state index contributed by atoms with van der Waals surface area (Å²) in [7, 11) is 0. The SMILES string of the molecule is CCC[C@H](C)NC(=O)CN1CCC[C@H]1c1ccc2c(c1)OCCCO2. The molecule has 1 fully saturated rings. The van der Waals surface area contributed by atoms with Crippen LogP contribution in [-0.2, 0) is 4.79 Å². The zero-order chi connectivity index (χ0) is 17.6. The van der Waals surface area contributed by atoms with E-state index in [1.54, 1.807) is 0 Å². The van der Waals surface area contributed by atoms with Gasteiger partial charge in [-0.3, -0.25) is 9.69 Å². The Bertz CT molecular complexity index is 590. The zero-order valence-corrected chi connectivity index (χ0v) is 15.4. The van der Waals surface area contributed by atoms with Gasteiger partial charge in [0, 0.05) is 18.5 Å². The van der Waals surface area contributed by atoms with Crippen LogP contribution in [0.25, 0.3) is 0 Å². The number of benzene rings is 1. The van der Waals surface area contributed by atoms with E-state index >= 15 is 0 Å². The maximum Gasteiger partial charge on any atom is 0.234 e. The monoisotopic (exact) mass is 346 g/mol. The van der Waals surface area contributed by atoms with Crippen LogP contribution in [0.15, 0.2) is 18.2 Å². The minimum absolute atomic E-state index is 0.127.